The first kappa shape index (κ1) is 16.4. The summed E-state index contributed by atoms with van der Waals surface area (Å²) in [5, 5.41) is 3.47. The van der Waals surface area contributed by atoms with Crippen LogP contribution in [0.1, 0.15) is 27.3 Å². The molecule has 2 N–H and O–H groups in total. The predicted octanol–water partition coefficient (Wildman–Crippen LogP) is 1.86. The van der Waals surface area contributed by atoms with E-state index in [2.05, 4.69) is 15.1 Å². The molecule has 120 valence electrons. The van der Waals surface area contributed by atoms with Gasteiger partial charge in [-0.05, 0) is 19.1 Å². The van der Waals surface area contributed by atoms with E-state index in [1.165, 1.54) is 24.3 Å². The van der Waals surface area contributed by atoms with E-state index >= 15 is 0 Å². The summed E-state index contributed by atoms with van der Waals surface area (Å²) in [6, 6.07) is 6.11. The number of benzene rings is 1. The first-order valence-electron chi connectivity index (χ1n) is 6.35. The van der Waals surface area contributed by atoms with Crippen LogP contribution in [-0.2, 0) is 6.18 Å². The molecule has 6 nitrogen and oxygen atoms in total. The van der Waals surface area contributed by atoms with Crippen LogP contribution in [0.3, 0.4) is 0 Å². The Morgan fingerprint density at radius 3 is 2.70 bits per heavy atom. The lowest BCUT2D eigenvalue weighted by Gasteiger charge is -2.09. The van der Waals surface area contributed by atoms with Crippen LogP contribution in [-0.4, -0.2) is 22.1 Å². The molecule has 2 aromatic rings. The van der Waals surface area contributed by atoms with Gasteiger partial charge in [-0.25, -0.2) is 10.2 Å². The van der Waals surface area contributed by atoms with Crippen molar-refractivity contribution in [2.75, 3.05) is 0 Å². The first-order valence-corrected chi connectivity index (χ1v) is 6.35. The third-order valence-corrected chi connectivity index (χ3v) is 2.75. The maximum atomic E-state index is 12.8. The van der Waals surface area contributed by atoms with Crippen molar-refractivity contribution in [3.8, 4) is 0 Å². The number of hydrogen-bond acceptors (Lipinski definition) is 4. The minimum absolute atomic E-state index is 0.187. The molecule has 23 heavy (non-hydrogen) atoms. The summed E-state index contributed by atoms with van der Waals surface area (Å²) in [4.78, 5) is 28.7. The Morgan fingerprint density at radius 1 is 1.35 bits per heavy atom. The van der Waals surface area contributed by atoms with Crippen molar-refractivity contribution in [3.05, 3.63) is 63.3 Å². The quantitative estimate of drug-likeness (QED) is 0.667. The molecule has 0 aliphatic heterocycles. The molecule has 0 saturated heterocycles. The van der Waals surface area contributed by atoms with Crippen LogP contribution in [0.25, 0.3) is 0 Å². The van der Waals surface area contributed by atoms with Gasteiger partial charge >= 0.3 is 11.9 Å². The Hall–Kier alpha value is -2.97. The third kappa shape index (κ3) is 4.25. The summed E-state index contributed by atoms with van der Waals surface area (Å²) in [5.41, 5.74) is 0.481. The number of aromatic nitrogens is 2. The third-order valence-electron chi connectivity index (χ3n) is 2.75. The molecule has 0 bridgehead atoms. The van der Waals surface area contributed by atoms with E-state index in [4.69, 9.17) is 0 Å². The van der Waals surface area contributed by atoms with Crippen LogP contribution in [0.5, 0.6) is 0 Å². The summed E-state index contributed by atoms with van der Waals surface area (Å²) >= 11 is 0. The van der Waals surface area contributed by atoms with Crippen LogP contribution in [0.15, 0.2) is 40.2 Å². The van der Waals surface area contributed by atoms with Gasteiger partial charge in [0.2, 0.25) is 0 Å². The lowest BCUT2D eigenvalue weighted by atomic mass is 10.1. The summed E-state index contributed by atoms with van der Waals surface area (Å²) in [6.07, 6.45) is -3.65. The lowest BCUT2D eigenvalue weighted by Crippen LogP contribution is -2.24. The standard InChI is InChI=1S/C14H11F3N4O2/c1-8-6-11(20-13(23)19-8)12(22)21-18-7-9-4-2-3-5-10(9)14(15,16)17/h2-7H,1H3,(H,21,22)(H,19,20,23)/b18-7+. The van der Waals surface area contributed by atoms with E-state index in [1.54, 1.807) is 6.92 Å². The number of hydrazone groups is 1. The molecule has 9 heteroatoms. The smallest absolute Gasteiger partial charge is 0.310 e. The second-order valence-electron chi connectivity index (χ2n) is 4.54. The number of hydrogen-bond donors (Lipinski definition) is 2. The van der Waals surface area contributed by atoms with Crippen molar-refractivity contribution in [3.63, 3.8) is 0 Å². The average Bonchev–Trinajstić information content (AvgIpc) is 2.45. The van der Waals surface area contributed by atoms with Gasteiger partial charge in [-0.2, -0.15) is 23.3 Å². The molecule has 0 atom stereocenters. The minimum atomic E-state index is -4.53. The van der Waals surface area contributed by atoms with Gasteiger partial charge in [0.15, 0.2) is 0 Å². The van der Waals surface area contributed by atoms with Crippen molar-refractivity contribution >= 4 is 12.1 Å². The van der Waals surface area contributed by atoms with Gasteiger partial charge in [0.05, 0.1) is 11.8 Å². The van der Waals surface area contributed by atoms with Crippen molar-refractivity contribution in [1.29, 1.82) is 0 Å². The predicted molar refractivity (Wildman–Crippen MR) is 76.1 cm³/mol. The second kappa shape index (κ2) is 6.42. The highest BCUT2D eigenvalue weighted by Gasteiger charge is 2.32. The largest absolute Gasteiger partial charge is 0.417 e. The van der Waals surface area contributed by atoms with Crippen LogP contribution < -0.4 is 11.1 Å². The maximum Gasteiger partial charge on any atom is 0.417 e. The van der Waals surface area contributed by atoms with E-state index in [0.717, 1.165) is 12.3 Å². The number of aryl methyl sites for hydroxylation is 1. The maximum absolute atomic E-state index is 12.8. The Balaban J connectivity index is 2.16. The number of carbonyl (C=O) groups is 1. The molecule has 0 spiro atoms. The minimum Gasteiger partial charge on any atom is -0.310 e. The molecule has 0 unspecified atom stereocenters. The summed E-state index contributed by atoms with van der Waals surface area (Å²) in [6.45, 7) is 1.56. The highest BCUT2D eigenvalue weighted by Crippen LogP contribution is 2.30. The highest BCUT2D eigenvalue weighted by molar-refractivity contribution is 5.93. The SMILES string of the molecule is Cc1cc(C(=O)N/N=C/c2ccccc2C(F)(F)F)nc(=O)[nH]1. The average molecular weight is 324 g/mol. The topological polar surface area (TPSA) is 87.2 Å². The van der Waals surface area contributed by atoms with Crippen LogP contribution in [0, 0.1) is 6.92 Å². The number of aromatic amines is 1. The first-order chi connectivity index (χ1) is 10.8. The van der Waals surface area contributed by atoms with Gasteiger partial charge in [0.1, 0.15) is 5.69 Å². The molecule has 0 fully saturated rings. The van der Waals surface area contributed by atoms with E-state index < -0.39 is 23.3 Å². The molecule has 1 amide bonds. The van der Waals surface area contributed by atoms with Crippen LogP contribution in [0.2, 0.25) is 0 Å². The molecule has 1 heterocycles. The molecular weight excluding hydrogens is 313 g/mol. The molecule has 0 aliphatic carbocycles. The van der Waals surface area contributed by atoms with Crippen molar-refractivity contribution < 1.29 is 18.0 Å². The second-order valence-corrected chi connectivity index (χ2v) is 4.54. The zero-order valence-electron chi connectivity index (χ0n) is 11.8. The molecule has 1 aromatic carbocycles. The molecule has 0 aliphatic rings. The lowest BCUT2D eigenvalue weighted by molar-refractivity contribution is -0.137. The Labute approximate surface area is 128 Å². The molecular formula is C14H11F3N4O2. The molecule has 0 radical (unpaired) electrons. The van der Waals surface area contributed by atoms with Gasteiger partial charge in [0, 0.05) is 11.3 Å². The van der Waals surface area contributed by atoms with Crippen molar-refractivity contribution in [2.45, 2.75) is 13.1 Å². The molecule has 0 saturated carbocycles. The number of rotatable bonds is 3. The molecule has 1 aromatic heterocycles. The van der Waals surface area contributed by atoms with Crippen molar-refractivity contribution in [2.24, 2.45) is 5.10 Å². The zero-order valence-corrected chi connectivity index (χ0v) is 11.8. The fourth-order valence-electron chi connectivity index (χ4n) is 1.78. The number of nitrogens with one attached hydrogen (secondary N) is 2. The number of H-pyrrole nitrogens is 1. The highest BCUT2D eigenvalue weighted by atomic mass is 19.4. The van der Waals surface area contributed by atoms with Gasteiger partial charge in [-0.15, -0.1) is 0 Å². The number of nitrogens with zero attached hydrogens (tertiary/aromatic N) is 2. The number of carbonyl (C=O) groups excluding carboxylic acids is 1. The van der Waals surface area contributed by atoms with Gasteiger partial charge in [-0.3, -0.25) is 4.79 Å². The van der Waals surface area contributed by atoms with E-state index in [0.29, 0.717) is 5.69 Å². The Kier molecular flexibility index (Phi) is 4.58. The fourth-order valence-corrected chi connectivity index (χ4v) is 1.78. The van der Waals surface area contributed by atoms with E-state index in [9.17, 15) is 22.8 Å². The van der Waals surface area contributed by atoms with Crippen LogP contribution in [0.4, 0.5) is 13.2 Å². The Bertz CT molecular complexity index is 812. The summed E-state index contributed by atoms with van der Waals surface area (Å²) in [5.74, 6) is -0.806. The number of halogens is 3. The van der Waals surface area contributed by atoms with E-state index in [-0.39, 0.29) is 11.3 Å². The summed E-state index contributed by atoms with van der Waals surface area (Å²) < 4.78 is 38.4. The van der Waals surface area contributed by atoms with Crippen LogP contribution >= 0.6 is 0 Å². The van der Waals surface area contributed by atoms with Gasteiger partial charge in [-0.1, -0.05) is 18.2 Å². The summed E-state index contributed by atoms with van der Waals surface area (Å²) in [7, 11) is 0. The van der Waals surface area contributed by atoms with Gasteiger partial charge in [0.25, 0.3) is 5.91 Å². The normalized spacial score (nSPS) is 11.7. The van der Waals surface area contributed by atoms with E-state index in [1.807, 2.05) is 5.43 Å². The van der Waals surface area contributed by atoms with Gasteiger partial charge < -0.3 is 4.98 Å². The molecule has 2 rings (SSSR count). The van der Waals surface area contributed by atoms with Crippen molar-refractivity contribution in [1.82, 2.24) is 15.4 Å². The monoisotopic (exact) mass is 324 g/mol. The number of amides is 1. The number of alkyl halides is 3. The fraction of sp³-hybridized carbons (Fsp3) is 0.143. The Morgan fingerprint density at radius 2 is 2.04 bits per heavy atom. The zero-order chi connectivity index (χ0) is 17.0.